The molecular formula is C15H25N3. The highest BCUT2D eigenvalue weighted by atomic mass is 15.2. The third-order valence-corrected chi connectivity index (χ3v) is 3.66. The summed E-state index contributed by atoms with van der Waals surface area (Å²) in [6.45, 7) is 8.85. The van der Waals surface area contributed by atoms with Crippen molar-refractivity contribution in [1.82, 2.24) is 10.3 Å². The number of anilines is 1. The largest absolute Gasteiger partial charge is 0.367 e. The standard InChI is InChI=1S/C15H25N3/c1-12(2)18(11-14-6-4-5-8-17-14)15-7-9-16-13(3)10-15/h7,9-10,12,14,17H,4-6,8,11H2,1-3H3. The fourth-order valence-electron chi connectivity index (χ4n) is 2.64. The molecule has 0 amide bonds. The van der Waals surface area contributed by atoms with Gasteiger partial charge in [0.05, 0.1) is 0 Å². The molecule has 0 saturated carbocycles. The predicted octanol–water partition coefficient (Wildman–Crippen LogP) is 2.75. The molecule has 3 heteroatoms. The second kappa shape index (κ2) is 6.19. The number of aryl methyl sites for hydroxylation is 1. The summed E-state index contributed by atoms with van der Waals surface area (Å²) in [5.41, 5.74) is 2.39. The maximum Gasteiger partial charge on any atom is 0.0402 e. The van der Waals surface area contributed by atoms with Crippen LogP contribution in [0.3, 0.4) is 0 Å². The van der Waals surface area contributed by atoms with E-state index in [9.17, 15) is 0 Å². The van der Waals surface area contributed by atoms with Crippen molar-refractivity contribution in [1.29, 1.82) is 0 Å². The van der Waals surface area contributed by atoms with Gasteiger partial charge in [-0.25, -0.2) is 0 Å². The third kappa shape index (κ3) is 3.45. The van der Waals surface area contributed by atoms with Crippen LogP contribution >= 0.6 is 0 Å². The quantitative estimate of drug-likeness (QED) is 0.886. The minimum Gasteiger partial charge on any atom is -0.367 e. The Bertz CT molecular complexity index is 370. The molecule has 0 bridgehead atoms. The van der Waals surface area contributed by atoms with Gasteiger partial charge in [-0.1, -0.05) is 6.42 Å². The molecule has 18 heavy (non-hydrogen) atoms. The third-order valence-electron chi connectivity index (χ3n) is 3.66. The first-order chi connectivity index (χ1) is 8.66. The molecule has 100 valence electrons. The Kier molecular flexibility index (Phi) is 4.59. The van der Waals surface area contributed by atoms with Gasteiger partial charge in [-0.3, -0.25) is 4.98 Å². The second-order valence-electron chi connectivity index (χ2n) is 5.55. The molecule has 2 heterocycles. The molecule has 0 radical (unpaired) electrons. The molecule has 1 aromatic heterocycles. The molecule has 0 aliphatic carbocycles. The molecule has 1 saturated heterocycles. The summed E-state index contributed by atoms with van der Waals surface area (Å²) in [4.78, 5) is 6.77. The van der Waals surface area contributed by atoms with Crippen LogP contribution in [0.4, 0.5) is 5.69 Å². The van der Waals surface area contributed by atoms with Crippen LogP contribution in [0.2, 0.25) is 0 Å². The van der Waals surface area contributed by atoms with Crippen molar-refractivity contribution >= 4 is 5.69 Å². The number of nitrogens with one attached hydrogen (secondary N) is 1. The number of aromatic nitrogens is 1. The Morgan fingerprint density at radius 3 is 2.89 bits per heavy atom. The molecule has 1 aromatic rings. The Balaban J connectivity index is 2.07. The van der Waals surface area contributed by atoms with E-state index in [4.69, 9.17) is 0 Å². The molecule has 1 atom stereocenters. The lowest BCUT2D eigenvalue weighted by Gasteiger charge is -2.35. The molecule has 3 nitrogen and oxygen atoms in total. The SMILES string of the molecule is Cc1cc(N(CC2CCCCN2)C(C)C)ccn1. The lowest BCUT2D eigenvalue weighted by molar-refractivity contribution is 0.393. The first kappa shape index (κ1) is 13.3. The summed E-state index contributed by atoms with van der Waals surface area (Å²) in [6, 6.07) is 5.46. The average molecular weight is 247 g/mol. The zero-order chi connectivity index (χ0) is 13.0. The highest BCUT2D eigenvalue weighted by Crippen LogP contribution is 2.19. The van der Waals surface area contributed by atoms with Gasteiger partial charge in [0.2, 0.25) is 0 Å². The number of rotatable bonds is 4. The summed E-state index contributed by atoms with van der Waals surface area (Å²) in [5, 5.41) is 3.63. The van der Waals surface area contributed by atoms with E-state index in [2.05, 4.69) is 48.1 Å². The van der Waals surface area contributed by atoms with Crippen LogP contribution < -0.4 is 10.2 Å². The highest BCUT2D eigenvalue weighted by molar-refractivity contribution is 5.47. The van der Waals surface area contributed by atoms with Gasteiger partial charge in [0.1, 0.15) is 0 Å². The van der Waals surface area contributed by atoms with E-state index in [1.54, 1.807) is 0 Å². The van der Waals surface area contributed by atoms with E-state index in [1.807, 2.05) is 6.20 Å². The number of nitrogens with zero attached hydrogens (tertiary/aromatic N) is 2. The zero-order valence-corrected chi connectivity index (χ0v) is 11.8. The van der Waals surface area contributed by atoms with E-state index in [1.165, 1.54) is 31.5 Å². The smallest absolute Gasteiger partial charge is 0.0402 e. The van der Waals surface area contributed by atoms with Gasteiger partial charge in [-0.2, -0.15) is 0 Å². The maximum absolute atomic E-state index is 4.29. The van der Waals surface area contributed by atoms with Crippen molar-refractivity contribution < 1.29 is 0 Å². The van der Waals surface area contributed by atoms with Gasteiger partial charge in [0.15, 0.2) is 0 Å². The second-order valence-corrected chi connectivity index (χ2v) is 5.55. The van der Waals surface area contributed by atoms with Crippen molar-refractivity contribution in [3.05, 3.63) is 24.0 Å². The van der Waals surface area contributed by atoms with Gasteiger partial charge in [-0.15, -0.1) is 0 Å². The van der Waals surface area contributed by atoms with Crippen molar-refractivity contribution in [2.24, 2.45) is 0 Å². The van der Waals surface area contributed by atoms with Crippen molar-refractivity contribution in [3.8, 4) is 0 Å². The normalized spacial score (nSPS) is 20.1. The van der Waals surface area contributed by atoms with E-state index in [0.717, 1.165) is 12.2 Å². The molecule has 0 aromatic carbocycles. The van der Waals surface area contributed by atoms with Gasteiger partial charge in [0, 0.05) is 36.2 Å². The van der Waals surface area contributed by atoms with Crippen molar-refractivity contribution in [2.75, 3.05) is 18.0 Å². The lowest BCUT2D eigenvalue weighted by atomic mass is 10.0. The Morgan fingerprint density at radius 2 is 2.28 bits per heavy atom. The monoisotopic (exact) mass is 247 g/mol. The minimum atomic E-state index is 0.524. The number of hydrogen-bond donors (Lipinski definition) is 1. The molecule has 2 rings (SSSR count). The molecule has 1 aliphatic rings. The summed E-state index contributed by atoms with van der Waals surface area (Å²) in [6.07, 6.45) is 5.90. The molecule has 1 unspecified atom stereocenters. The zero-order valence-electron chi connectivity index (χ0n) is 11.8. The van der Waals surface area contributed by atoms with E-state index >= 15 is 0 Å². The van der Waals surface area contributed by atoms with Crippen LogP contribution in [-0.4, -0.2) is 30.2 Å². The van der Waals surface area contributed by atoms with Crippen LogP contribution in [-0.2, 0) is 0 Å². The summed E-state index contributed by atoms with van der Waals surface area (Å²) < 4.78 is 0. The Labute approximate surface area is 111 Å². The summed E-state index contributed by atoms with van der Waals surface area (Å²) in [5.74, 6) is 0. The van der Waals surface area contributed by atoms with E-state index < -0.39 is 0 Å². The van der Waals surface area contributed by atoms with Crippen LogP contribution in [0.25, 0.3) is 0 Å². The lowest BCUT2D eigenvalue weighted by Crippen LogP contribution is -2.46. The first-order valence-corrected chi connectivity index (χ1v) is 7.09. The van der Waals surface area contributed by atoms with Crippen LogP contribution in [0, 0.1) is 6.92 Å². The Hall–Kier alpha value is -1.09. The molecule has 0 spiro atoms. The fraction of sp³-hybridized carbons (Fsp3) is 0.667. The first-order valence-electron chi connectivity index (χ1n) is 7.09. The topological polar surface area (TPSA) is 28.2 Å². The summed E-state index contributed by atoms with van der Waals surface area (Å²) >= 11 is 0. The molecule has 1 fully saturated rings. The van der Waals surface area contributed by atoms with Gasteiger partial charge in [-0.05, 0) is 52.3 Å². The van der Waals surface area contributed by atoms with Crippen LogP contribution in [0.5, 0.6) is 0 Å². The Morgan fingerprint density at radius 1 is 1.44 bits per heavy atom. The average Bonchev–Trinajstić information content (AvgIpc) is 2.37. The van der Waals surface area contributed by atoms with Crippen molar-refractivity contribution in [2.45, 2.75) is 52.1 Å². The molecule has 1 N–H and O–H groups in total. The minimum absolute atomic E-state index is 0.524. The molecular weight excluding hydrogens is 222 g/mol. The summed E-state index contributed by atoms with van der Waals surface area (Å²) in [7, 11) is 0. The van der Waals surface area contributed by atoms with E-state index in [0.29, 0.717) is 12.1 Å². The van der Waals surface area contributed by atoms with Gasteiger partial charge >= 0.3 is 0 Å². The van der Waals surface area contributed by atoms with E-state index in [-0.39, 0.29) is 0 Å². The number of hydrogen-bond acceptors (Lipinski definition) is 3. The predicted molar refractivity (Wildman–Crippen MR) is 77.1 cm³/mol. The number of pyridine rings is 1. The fourth-order valence-corrected chi connectivity index (χ4v) is 2.64. The van der Waals surface area contributed by atoms with Crippen LogP contribution in [0.1, 0.15) is 38.8 Å². The van der Waals surface area contributed by atoms with Gasteiger partial charge in [0.25, 0.3) is 0 Å². The van der Waals surface area contributed by atoms with Crippen LogP contribution in [0.15, 0.2) is 18.3 Å². The number of piperidine rings is 1. The maximum atomic E-state index is 4.29. The molecule has 1 aliphatic heterocycles. The highest BCUT2D eigenvalue weighted by Gasteiger charge is 2.19. The van der Waals surface area contributed by atoms with Crippen molar-refractivity contribution in [3.63, 3.8) is 0 Å². The van der Waals surface area contributed by atoms with Gasteiger partial charge < -0.3 is 10.2 Å².